The maximum Gasteiger partial charge on any atom is 0.573 e. The Kier molecular flexibility index (Phi) is 6.60. The largest absolute Gasteiger partial charge is 0.573 e. The number of rotatable bonds is 7. The number of hydrogen-bond donors (Lipinski definition) is 2. The van der Waals surface area contributed by atoms with Crippen LogP contribution in [0.3, 0.4) is 0 Å². The number of fused-ring (bicyclic) bond motifs is 1. The van der Waals surface area contributed by atoms with Gasteiger partial charge in [-0.15, -0.1) is 13.2 Å². The molecule has 3 aromatic rings. The molecule has 0 radical (unpaired) electrons. The van der Waals surface area contributed by atoms with Crippen molar-refractivity contribution in [2.45, 2.75) is 39.1 Å². The zero-order valence-corrected chi connectivity index (χ0v) is 18.2. The summed E-state index contributed by atoms with van der Waals surface area (Å²) in [4.78, 5) is 21.5. The molecule has 4 rings (SSSR count). The molecule has 2 atom stereocenters. The monoisotopic (exact) mass is 461 g/mol. The van der Waals surface area contributed by atoms with Gasteiger partial charge in [-0.25, -0.2) is 4.98 Å². The number of para-hydroxylation sites is 1. The Balaban J connectivity index is 1.51. The molecule has 0 bridgehead atoms. The van der Waals surface area contributed by atoms with E-state index in [2.05, 4.69) is 19.6 Å². The summed E-state index contributed by atoms with van der Waals surface area (Å²) < 4.78 is 42.6. The van der Waals surface area contributed by atoms with E-state index in [0.717, 1.165) is 22.4 Å². The number of carbonyl (C=O) groups is 1. The number of aliphatic carboxylic acids is 1. The Morgan fingerprint density at radius 2 is 2.03 bits per heavy atom. The average Bonchev–Trinajstić information content (AvgIpc) is 3.11. The standard InChI is InChI=1S/C24H26F3N3O3/c1-15-6-7-19-20(10-15)29-22(28-19)11-18-14-30(9-8-16(18)12-23(31)32)13-17-4-2-3-5-21(17)33-24(25,26)27/h2-7,10,16,18H,8-9,11-14H2,1H3,(H,28,29)(H,31,32). The van der Waals surface area contributed by atoms with E-state index >= 15 is 0 Å². The molecule has 0 aliphatic carbocycles. The van der Waals surface area contributed by atoms with Crippen LogP contribution in [0.2, 0.25) is 0 Å². The first-order valence-corrected chi connectivity index (χ1v) is 10.9. The summed E-state index contributed by atoms with van der Waals surface area (Å²) in [5, 5.41) is 9.38. The second-order valence-corrected chi connectivity index (χ2v) is 8.71. The molecule has 6 nitrogen and oxygen atoms in total. The molecule has 0 saturated carbocycles. The van der Waals surface area contributed by atoms with Crippen LogP contribution in [0.1, 0.15) is 29.8 Å². The number of nitrogens with zero attached hydrogens (tertiary/aromatic N) is 2. The Morgan fingerprint density at radius 1 is 1.24 bits per heavy atom. The van der Waals surface area contributed by atoms with Gasteiger partial charge in [-0.2, -0.15) is 0 Å². The number of imidazole rings is 1. The number of nitrogens with one attached hydrogen (secondary N) is 1. The maximum absolute atomic E-state index is 12.8. The van der Waals surface area contributed by atoms with Crippen molar-refractivity contribution in [1.82, 2.24) is 14.9 Å². The molecule has 1 saturated heterocycles. The van der Waals surface area contributed by atoms with E-state index in [-0.39, 0.29) is 24.0 Å². The van der Waals surface area contributed by atoms with E-state index in [1.165, 1.54) is 12.1 Å². The van der Waals surface area contributed by atoms with Gasteiger partial charge in [0, 0.05) is 31.5 Å². The number of hydrogen-bond acceptors (Lipinski definition) is 4. The number of aromatic nitrogens is 2. The minimum Gasteiger partial charge on any atom is -0.481 e. The predicted octanol–water partition coefficient (Wildman–Crippen LogP) is 4.93. The Labute approximate surface area is 189 Å². The number of aryl methyl sites for hydroxylation is 1. The van der Waals surface area contributed by atoms with Crippen molar-refractivity contribution >= 4 is 17.0 Å². The van der Waals surface area contributed by atoms with Crippen LogP contribution in [0, 0.1) is 18.8 Å². The average molecular weight is 461 g/mol. The normalized spacial score (nSPS) is 19.6. The van der Waals surface area contributed by atoms with Gasteiger partial charge < -0.3 is 14.8 Å². The zero-order chi connectivity index (χ0) is 23.6. The number of alkyl halides is 3. The maximum atomic E-state index is 12.8. The van der Waals surface area contributed by atoms with Crippen LogP contribution in [0.4, 0.5) is 13.2 Å². The molecule has 33 heavy (non-hydrogen) atoms. The Hall–Kier alpha value is -3.07. The Bertz CT molecular complexity index is 1130. The third kappa shape index (κ3) is 6.04. The van der Waals surface area contributed by atoms with Crippen LogP contribution in [0.5, 0.6) is 5.75 Å². The van der Waals surface area contributed by atoms with Crippen LogP contribution in [0.15, 0.2) is 42.5 Å². The molecule has 1 aromatic heterocycles. The predicted molar refractivity (Wildman–Crippen MR) is 117 cm³/mol. The topological polar surface area (TPSA) is 78.5 Å². The van der Waals surface area contributed by atoms with Crippen molar-refractivity contribution in [2.75, 3.05) is 13.1 Å². The van der Waals surface area contributed by atoms with Gasteiger partial charge in [-0.1, -0.05) is 24.3 Å². The molecule has 1 aliphatic heterocycles. The van der Waals surface area contributed by atoms with Gasteiger partial charge in [0.2, 0.25) is 0 Å². The van der Waals surface area contributed by atoms with Gasteiger partial charge in [0.15, 0.2) is 0 Å². The van der Waals surface area contributed by atoms with Crippen molar-refractivity contribution in [3.05, 3.63) is 59.4 Å². The summed E-state index contributed by atoms with van der Waals surface area (Å²) in [5.74, 6) is -0.286. The molecular weight excluding hydrogens is 435 g/mol. The minimum absolute atomic E-state index is 0.00667. The number of carboxylic acid groups (broad SMARTS) is 1. The van der Waals surface area contributed by atoms with E-state index in [0.29, 0.717) is 38.0 Å². The minimum atomic E-state index is -4.76. The molecule has 176 valence electrons. The SMILES string of the molecule is Cc1ccc2nc(CC3CN(Cc4ccccc4OC(F)(F)F)CCC3CC(=O)O)[nH]c2c1. The van der Waals surface area contributed by atoms with E-state index in [4.69, 9.17) is 0 Å². The second kappa shape index (κ2) is 9.43. The fourth-order valence-electron chi connectivity index (χ4n) is 4.64. The van der Waals surface area contributed by atoms with Crippen LogP contribution in [-0.4, -0.2) is 45.4 Å². The number of likely N-dealkylation sites (tertiary alicyclic amines) is 1. The summed E-state index contributed by atoms with van der Waals surface area (Å²) in [6.07, 6.45) is -3.47. The zero-order valence-electron chi connectivity index (χ0n) is 18.2. The first kappa shape index (κ1) is 23.1. The lowest BCUT2D eigenvalue weighted by Gasteiger charge is -2.38. The third-order valence-corrected chi connectivity index (χ3v) is 6.15. The number of H-pyrrole nitrogens is 1. The summed E-state index contributed by atoms with van der Waals surface area (Å²) in [6.45, 7) is 3.46. The van der Waals surface area contributed by atoms with Gasteiger partial charge in [-0.3, -0.25) is 9.69 Å². The van der Waals surface area contributed by atoms with Crippen LogP contribution >= 0.6 is 0 Å². The number of benzene rings is 2. The van der Waals surface area contributed by atoms with Crippen molar-refractivity contribution in [3.63, 3.8) is 0 Å². The molecule has 9 heteroatoms. The van der Waals surface area contributed by atoms with E-state index in [1.807, 2.05) is 25.1 Å². The fraction of sp³-hybridized carbons (Fsp3) is 0.417. The highest BCUT2D eigenvalue weighted by Crippen LogP contribution is 2.32. The van der Waals surface area contributed by atoms with Crippen molar-refractivity contribution in [1.29, 1.82) is 0 Å². The molecule has 0 spiro atoms. The van der Waals surface area contributed by atoms with Gasteiger partial charge in [-0.05, 0) is 55.5 Å². The molecule has 2 heterocycles. The van der Waals surface area contributed by atoms with E-state index < -0.39 is 12.3 Å². The van der Waals surface area contributed by atoms with Crippen LogP contribution < -0.4 is 4.74 Å². The third-order valence-electron chi connectivity index (χ3n) is 6.15. The van der Waals surface area contributed by atoms with Gasteiger partial charge in [0.1, 0.15) is 11.6 Å². The smallest absolute Gasteiger partial charge is 0.481 e. The Morgan fingerprint density at radius 3 is 2.79 bits per heavy atom. The molecule has 1 aliphatic rings. The molecule has 2 N–H and O–H groups in total. The van der Waals surface area contributed by atoms with Crippen LogP contribution in [-0.2, 0) is 17.8 Å². The molecule has 1 fully saturated rings. The number of halogens is 3. The summed E-state index contributed by atoms with van der Waals surface area (Å²) >= 11 is 0. The van der Waals surface area contributed by atoms with Crippen LogP contribution in [0.25, 0.3) is 11.0 Å². The summed E-state index contributed by atoms with van der Waals surface area (Å²) in [7, 11) is 0. The summed E-state index contributed by atoms with van der Waals surface area (Å²) in [5.41, 5.74) is 3.36. The second-order valence-electron chi connectivity index (χ2n) is 8.71. The molecule has 0 amide bonds. The van der Waals surface area contributed by atoms with Crippen molar-refractivity contribution in [2.24, 2.45) is 11.8 Å². The molecule has 2 unspecified atom stereocenters. The highest BCUT2D eigenvalue weighted by molar-refractivity contribution is 5.75. The molecule has 2 aromatic carbocycles. The number of ether oxygens (including phenoxy) is 1. The van der Waals surface area contributed by atoms with Gasteiger partial charge in [0.25, 0.3) is 0 Å². The van der Waals surface area contributed by atoms with Crippen molar-refractivity contribution < 1.29 is 27.8 Å². The number of piperidine rings is 1. The van der Waals surface area contributed by atoms with Crippen molar-refractivity contribution in [3.8, 4) is 5.75 Å². The summed E-state index contributed by atoms with van der Waals surface area (Å²) in [6, 6.07) is 12.1. The quantitative estimate of drug-likeness (QED) is 0.522. The van der Waals surface area contributed by atoms with E-state index in [1.54, 1.807) is 12.1 Å². The highest BCUT2D eigenvalue weighted by Gasteiger charge is 2.34. The fourth-order valence-corrected chi connectivity index (χ4v) is 4.64. The first-order chi connectivity index (χ1) is 15.7. The van der Waals surface area contributed by atoms with E-state index in [9.17, 15) is 23.1 Å². The van der Waals surface area contributed by atoms with Gasteiger partial charge >= 0.3 is 12.3 Å². The lowest BCUT2D eigenvalue weighted by atomic mass is 9.81. The van der Waals surface area contributed by atoms with Gasteiger partial charge in [0.05, 0.1) is 11.0 Å². The number of carboxylic acids is 1. The lowest BCUT2D eigenvalue weighted by Crippen LogP contribution is -2.41. The highest BCUT2D eigenvalue weighted by atomic mass is 19.4. The first-order valence-electron chi connectivity index (χ1n) is 10.9. The lowest BCUT2D eigenvalue weighted by molar-refractivity contribution is -0.275. The number of aromatic amines is 1. The molecular formula is C24H26F3N3O3.